The van der Waals surface area contributed by atoms with Gasteiger partial charge in [0, 0.05) is 17.8 Å². The maximum Gasteiger partial charge on any atom is 0.262 e. The van der Waals surface area contributed by atoms with E-state index in [1.807, 2.05) is 23.1 Å². The number of nitrogens with one attached hydrogen (secondary N) is 1. The van der Waals surface area contributed by atoms with Crippen LogP contribution in [0.4, 0.5) is 5.69 Å². The summed E-state index contributed by atoms with van der Waals surface area (Å²) in [5.41, 5.74) is 12.6. The van der Waals surface area contributed by atoms with E-state index in [0.29, 0.717) is 23.5 Å². The van der Waals surface area contributed by atoms with Crippen LogP contribution in [-0.2, 0) is 16.1 Å². The molecule has 29 heavy (non-hydrogen) atoms. The minimum absolute atomic E-state index is 0.218. The summed E-state index contributed by atoms with van der Waals surface area (Å²) in [6, 6.07) is 13.5. The number of benzene rings is 2. The predicted molar refractivity (Wildman–Crippen MR) is 108 cm³/mol. The van der Waals surface area contributed by atoms with E-state index in [9.17, 15) is 14.4 Å². The molecule has 1 fully saturated rings. The fourth-order valence-electron chi connectivity index (χ4n) is 3.41. The van der Waals surface area contributed by atoms with Crippen molar-refractivity contribution < 1.29 is 19.1 Å². The molecular formula is C21H24N4O4. The van der Waals surface area contributed by atoms with Gasteiger partial charge in [0.15, 0.2) is 6.61 Å². The molecule has 1 aliphatic rings. The van der Waals surface area contributed by atoms with Crippen LogP contribution < -0.4 is 21.5 Å². The van der Waals surface area contributed by atoms with Crippen LogP contribution >= 0.6 is 0 Å². The first-order chi connectivity index (χ1) is 13.9. The smallest absolute Gasteiger partial charge is 0.262 e. The first-order valence-corrected chi connectivity index (χ1v) is 9.38. The van der Waals surface area contributed by atoms with Crippen LogP contribution in [0.2, 0.25) is 0 Å². The Kier molecular flexibility index (Phi) is 6.46. The van der Waals surface area contributed by atoms with Gasteiger partial charge in [-0.3, -0.25) is 19.3 Å². The molecule has 0 radical (unpaired) electrons. The third-order valence-electron chi connectivity index (χ3n) is 4.85. The molecule has 0 saturated carbocycles. The second-order valence-corrected chi connectivity index (χ2v) is 6.92. The van der Waals surface area contributed by atoms with Gasteiger partial charge in [0.1, 0.15) is 5.75 Å². The highest BCUT2D eigenvalue weighted by atomic mass is 16.5. The molecule has 1 saturated heterocycles. The van der Waals surface area contributed by atoms with E-state index >= 15 is 0 Å². The van der Waals surface area contributed by atoms with Crippen molar-refractivity contribution in [2.45, 2.75) is 25.4 Å². The summed E-state index contributed by atoms with van der Waals surface area (Å²) in [7, 11) is 0. The fraction of sp³-hybridized carbons (Fsp3) is 0.286. The maximum absolute atomic E-state index is 12.4. The number of ether oxygens (including phenoxy) is 1. The minimum atomic E-state index is -0.565. The van der Waals surface area contributed by atoms with Crippen molar-refractivity contribution in [1.82, 2.24) is 4.90 Å². The minimum Gasteiger partial charge on any atom is -0.484 e. The van der Waals surface area contributed by atoms with E-state index in [4.69, 9.17) is 16.2 Å². The van der Waals surface area contributed by atoms with Gasteiger partial charge in [-0.2, -0.15) is 0 Å². The number of likely N-dealkylation sites (tertiary alicyclic amines) is 1. The van der Waals surface area contributed by atoms with Crippen LogP contribution in [-0.4, -0.2) is 41.8 Å². The summed E-state index contributed by atoms with van der Waals surface area (Å²) in [6.07, 6.45) is 1.67. The van der Waals surface area contributed by atoms with Crippen molar-refractivity contribution in [1.29, 1.82) is 0 Å². The number of amides is 3. The van der Waals surface area contributed by atoms with Gasteiger partial charge in [-0.05, 0) is 49.2 Å². The van der Waals surface area contributed by atoms with Crippen LogP contribution in [0, 0.1) is 0 Å². The van der Waals surface area contributed by atoms with Gasteiger partial charge >= 0.3 is 0 Å². The molecule has 0 aromatic heterocycles. The molecular weight excluding hydrogens is 372 g/mol. The first-order valence-electron chi connectivity index (χ1n) is 9.38. The number of primary amides is 2. The zero-order valence-electron chi connectivity index (χ0n) is 16.0. The van der Waals surface area contributed by atoms with Gasteiger partial charge in [0.05, 0.1) is 6.04 Å². The molecule has 152 valence electrons. The van der Waals surface area contributed by atoms with Gasteiger partial charge in [0.2, 0.25) is 11.8 Å². The Hall–Kier alpha value is -3.39. The normalized spacial score (nSPS) is 16.3. The standard InChI is InChI=1S/C21H24N4O4/c22-20(27)14-6-3-7-16(11-14)29-13-19(26)24-17-8-2-1-5-15(17)12-25-10-4-9-18(25)21(23)28/h1-3,5-8,11,18H,4,9-10,12-13H2,(H2,22,27)(H2,23,28)(H,24,26). The quantitative estimate of drug-likeness (QED) is 0.619. The number of carbonyl (C=O) groups excluding carboxylic acids is 3. The molecule has 5 N–H and O–H groups in total. The van der Waals surface area contributed by atoms with Crippen LogP contribution in [0.25, 0.3) is 0 Å². The number of anilines is 1. The predicted octanol–water partition coefficient (Wildman–Crippen LogP) is 1.25. The lowest BCUT2D eigenvalue weighted by Crippen LogP contribution is -2.39. The number of para-hydroxylation sites is 1. The first kappa shape index (κ1) is 20.3. The molecule has 0 aliphatic carbocycles. The Labute approximate surface area is 168 Å². The van der Waals surface area contributed by atoms with Crippen molar-refractivity contribution in [2.24, 2.45) is 11.5 Å². The van der Waals surface area contributed by atoms with E-state index in [1.54, 1.807) is 24.3 Å². The molecule has 1 heterocycles. The molecule has 1 atom stereocenters. The van der Waals surface area contributed by atoms with Crippen LogP contribution in [0.3, 0.4) is 0 Å². The average Bonchev–Trinajstić information content (AvgIpc) is 3.17. The highest BCUT2D eigenvalue weighted by Crippen LogP contribution is 2.24. The number of hydrogen-bond donors (Lipinski definition) is 3. The fourth-order valence-corrected chi connectivity index (χ4v) is 3.41. The number of rotatable bonds is 8. The molecule has 0 spiro atoms. The van der Waals surface area contributed by atoms with Crippen molar-refractivity contribution >= 4 is 23.4 Å². The summed E-state index contributed by atoms with van der Waals surface area (Å²) in [5.74, 6) is -0.846. The van der Waals surface area contributed by atoms with Gasteiger partial charge < -0.3 is 21.5 Å². The molecule has 8 nitrogen and oxygen atoms in total. The summed E-state index contributed by atoms with van der Waals surface area (Å²) in [4.78, 5) is 37.2. The molecule has 0 bridgehead atoms. The number of carbonyl (C=O) groups is 3. The third-order valence-corrected chi connectivity index (χ3v) is 4.85. The second kappa shape index (κ2) is 9.20. The van der Waals surface area contributed by atoms with Gasteiger partial charge in [0.25, 0.3) is 5.91 Å². The highest BCUT2D eigenvalue weighted by molar-refractivity contribution is 5.94. The third kappa shape index (κ3) is 5.32. The van der Waals surface area contributed by atoms with Crippen molar-refractivity contribution in [3.63, 3.8) is 0 Å². The molecule has 3 rings (SSSR count). The number of hydrogen-bond acceptors (Lipinski definition) is 5. The molecule has 8 heteroatoms. The van der Waals surface area contributed by atoms with Crippen LogP contribution in [0.1, 0.15) is 28.8 Å². The monoisotopic (exact) mass is 396 g/mol. The lowest BCUT2D eigenvalue weighted by molar-refractivity contribution is -0.122. The molecule has 2 aromatic carbocycles. The molecule has 1 unspecified atom stereocenters. The zero-order chi connectivity index (χ0) is 20.8. The second-order valence-electron chi connectivity index (χ2n) is 6.92. The summed E-state index contributed by atoms with van der Waals surface area (Å²) < 4.78 is 5.46. The van der Waals surface area contributed by atoms with E-state index in [1.165, 1.54) is 6.07 Å². The summed E-state index contributed by atoms with van der Waals surface area (Å²) >= 11 is 0. The molecule has 2 aromatic rings. The highest BCUT2D eigenvalue weighted by Gasteiger charge is 2.29. The number of nitrogens with two attached hydrogens (primary N) is 2. The van der Waals surface area contributed by atoms with Gasteiger partial charge in [-0.15, -0.1) is 0 Å². The Morgan fingerprint density at radius 1 is 1.10 bits per heavy atom. The number of nitrogens with zero attached hydrogens (tertiary/aromatic N) is 1. The molecule has 1 aliphatic heterocycles. The topological polar surface area (TPSA) is 128 Å². The molecule has 3 amide bonds. The average molecular weight is 396 g/mol. The van der Waals surface area contributed by atoms with Crippen LogP contribution in [0.5, 0.6) is 5.75 Å². The Bertz CT molecular complexity index is 915. The largest absolute Gasteiger partial charge is 0.484 e. The summed E-state index contributed by atoms with van der Waals surface area (Å²) in [6.45, 7) is 1.09. The Morgan fingerprint density at radius 2 is 1.90 bits per heavy atom. The van der Waals surface area contributed by atoms with Crippen LogP contribution in [0.15, 0.2) is 48.5 Å². The lowest BCUT2D eigenvalue weighted by atomic mass is 10.1. The Balaban J connectivity index is 1.61. The Morgan fingerprint density at radius 3 is 2.66 bits per heavy atom. The SMILES string of the molecule is NC(=O)c1cccc(OCC(=O)Nc2ccccc2CN2CCCC2C(N)=O)c1. The van der Waals surface area contributed by atoms with Crippen molar-refractivity contribution in [3.8, 4) is 5.75 Å². The zero-order valence-corrected chi connectivity index (χ0v) is 16.0. The van der Waals surface area contributed by atoms with Crippen molar-refractivity contribution in [3.05, 3.63) is 59.7 Å². The van der Waals surface area contributed by atoms with Crippen molar-refractivity contribution in [2.75, 3.05) is 18.5 Å². The lowest BCUT2D eigenvalue weighted by Gasteiger charge is -2.23. The van der Waals surface area contributed by atoms with E-state index < -0.39 is 5.91 Å². The van der Waals surface area contributed by atoms with E-state index in [2.05, 4.69) is 5.32 Å². The van der Waals surface area contributed by atoms with Gasteiger partial charge in [-0.25, -0.2) is 0 Å². The van der Waals surface area contributed by atoms with Gasteiger partial charge in [-0.1, -0.05) is 24.3 Å². The maximum atomic E-state index is 12.4. The summed E-state index contributed by atoms with van der Waals surface area (Å²) in [5, 5.41) is 2.84. The van der Waals surface area contributed by atoms with E-state index in [-0.39, 0.29) is 24.5 Å². The van der Waals surface area contributed by atoms with E-state index in [0.717, 1.165) is 24.9 Å².